The van der Waals surface area contributed by atoms with Gasteiger partial charge in [0.1, 0.15) is 9.77 Å². The summed E-state index contributed by atoms with van der Waals surface area (Å²) in [6.45, 7) is 1.57. The highest BCUT2D eigenvalue weighted by molar-refractivity contribution is 7.89. The van der Waals surface area contributed by atoms with Crippen LogP contribution in [0.5, 0.6) is 0 Å². The largest absolute Gasteiger partial charge is 0.477 e. The van der Waals surface area contributed by atoms with Gasteiger partial charge in [-0.2, -0.15) is 0 Å². The third kappa shape index (κ3) is 3.63. The van der Waals surface area contributed by atoms with E-state index in [1.54, 1.807) is 6.92 Å². The zero-order valence-electron chi connectivity index (χ0n) is 11.7. The van der Waals surface area contributed by atoms with Crippen LogP contribution in [0.25, 0.3) is 0 Å². The van der Waals surface area contributed by atoms with Crippen molar-refractivity contribution in [3.8, 4) is 0 Å². The van der Waals surface area contributed by atoms with Crippen molar-refractivity contribution in [2.45, 2.75) is 56.1 Å². The van der Waals surface area contributed by atoms with E-state index in [1.807, 2.05) is 0 Å². The fourth-order valence-corrected chi connectivity index (χ4v) is 5.53. The Kier molecular flexibility index (Phi) is 5.03. The molecule has 0 saturated heterocycles. The molecule has 1 fully saturated rings. The van der Waals surface area contributed by atoms with E-state index in [0.717, 1.165) is 30.6 Å². The van der Waals surface area contributed by atoms with Crippen molar-refractivity contribution >= 4 is 27.3 Å². The molecule has 0 aliphatic heterocycles. The first-order valence-corrected chi connectivity index (χ1v) is 9.21. The standard InChI is InChI=1S/C13H19NO5S2/c1-8-7-20-11(13(16)17)12(8)21(18,19)14-9-5-3-2-4-6-10(9)15/h7,9-10,14-15H,2-6H2,1H3,(H,16,17). The van der Waals surface area contributed by atoms with E-state index in [4.69, 9.17) is 5.11 Å². The van der Waals surface area contributed by atoms with Crippen molar-refractivity contribution in [1.82, 2.24) is 4.72 Å². The molecule has 1 heterocycles. The quantitative estimate of drug-likeness (QED) is 0.728. The zero-order chi connectivity index (χ0) is 15.6. The highest BCUT2D eigenvalue weighted by Gasteiger charge is 2.31. The Morgan fingerprint density at radius 2 is 2.00 bits per heavy atom. The Morgan fingerprint density at radius 1 is 1.33 bits per heavy atom. The van der Waals surface area contributed by atoms with Crippen molar-refractivity contribution in [2.24, 2.45) is 0 Å². The number of aryl methyl sites for hydroxylation is 1. The highest BCUT2D eigenvalue weighted by Crippen LogP contribution is 2.28. The van der Waals surface area contributed by atoms with Crippen molar-refractivity contribution < 1.29 is 23.4 Å². The Hall–Kier alpha value is -0.960. The number of carboxylic acids is 1. The maximum absolute atomic E-state index is 12.5. The van der Waals surface area contributed by atoms with Gasteiger partial charge in [0.25, 0.3) is 0 Å². The normalized spacial score (nSPS) is 23.7. The molecule has 6 nitrogen and oxygen atoms in total. The molecule has 0 spiro atoms. The molecule has 3 N–H and O–H groups in total. The van der Waals surface area contributed by atoms with Crippen molar-refractivity contribution in [2.75, 3.05) is 0 Å². The number of thiophene rings is 1. The predicted octanol–water partition coefficient (Wildman–Crippen LogP) is 1.73. The lowest BCUT2D eigenvalue weighted by Gasteiger charge is -2.21. The molecule has 118 valence electrons. The average Bonchev–Trinajstić information content (AvgIpc) is 2.69. The van der Waals surface area contributed by atoms with Gasteiger partial charge < -0.3 is 10.2 Å². The minimum atomic E-state index is -3.95. The third-order valence-corrected chi connectivity index (χ3v) is 6.56. The first-order valence-electron chi connectivity index (χ1n) is 6.84. The molecule has 2 rings (SSSR count). The number of hydrogen-bond donors (Lipinski definition) is 3. The molecule has 1 aliphatic carbocycles. The smallest absolute Gasteiger partial charge is 0.347 e. The lowest BCUT2D eigenvalue weighted by molar-refractivity contribution is 0.0698. The minimum absolute atomic E-state index is 0.184. The van der Waals surface area contributed by atoms with E-state index >= 15 is 0 Å². The molecule has 1 aromatic heterocycles. The SMILES string of the molecule is Cc1csc(C(=O)O)c1S(=O)(=O)NC1CCCCCC1O. The molecule has 2 atom stereocenters. The van der Waals surface area contributed by atoms with Crippen LogP contribution in [0.3, 0.4) is 0 Å². The highest BCUT2D eigenvalue weighted by atomic mass is 32.2. The molecule has 2 unspecified atom stereocenters. The Bertz CT molecular complexity index is 623. The van der Waals surface area contributed by atoms with E-state index < -0.39 is 28.1 Å². The maximum Gasteiger partial charge on any atom is 0.347 e. The third-order valence-electron chi connectivity index (χ3n) is 3.67. The van der Waals surface area contributed by atoms with Gasteiger partial charge in [-0.3, -0.25) is 0 Å². The lowest BCUT2D eigenvalue weighted by Crippen LogP contribution is -2.43. The predicted molar refractivity (Wildman–Crippen MR) is 79.2 cm³/mol. The van der Waals surface area contributed by atoms with Crippen LogP contribution in [0.2, 0.25) is 0 Å². The molecule has 0 aromatic carbocycles. The molecular weight excluding hydrogens is 314 g/mol. The summed E-state index contributed by atoms with van der Waals surface area (Å²) < 4.78 is 27.5. The fourth-order valence-electron chi connectivity index (χ4n) is 2.60. The van der Waals surface area contributed by atoms with E-state index in [2.05, 4.69) is 4.72 Å². The number of sulfonamides is 1. The van der Waals surface area contributed by atoms with Gasteiger partial charge in [-0.1, -0.05) is 19.3 Å². The minimum Gasteiger partial charge on any atom is -0.477 e. The van der Waals surface area contributed by atoms with Crippen LogP contribution in [0.4, 0.5) is 0 Å². The summed E-state index contributed by atoms with van der Waals surface area (Å²) >= 11 is 0.897. The van der Waals surface area contributed by atoms with E-state index in [-0.39, 0.29) is 9.77 Å². The number of carbonyl (C=O) groups is 1. The maximum atomic E-state index is 12.5. The second-order valence-electron chi connectivity index (χ2n) is 5.32. The van der Waals surface area contributed by atoms with Gasteiger partial charge in [-0.15, -0.1) is 11.3 Å². The van der Waals surface area contributed by atoms with Crippen LogP contribution in [0.1, 0.15) is 47.3 Å². The van der Waals surface area contributed by atoms with Gasteiger partial charge in [-0.05, 0) is 30.7 Å². The van der Waals surface area contributed by atoms with Gasteiger partial charge >= 0.3 is 5.97 Å². The molecule has 1 aromatic rings. The van der Waals surface area contributed by atoms with Gasteiger partial charge in [0.2, 0.25) is 10.0 Å². The monoisotopic (exact) mass is 333 g/mol. The van der Waals surface area contributed by atoms with Gasteiger partial charge in [0.15, 0.2) is 0 Å². The topological polar surface area (TPSA) is 104 Å². The average molecular weight is 333 g/mol. The summed E-state index contributed by atoms with van der Waals surface area (Å²) in [5, 5.41) is 20.6. The van der Waals surface area contributed by atoms with Gasteiger partial charge in [-0.25, -0.2) is 17.9 Å². The second-order valence-corrected chi connectivity index (χ2v) is 7.85. The van der Waals surface area contributed by atoms with Crippen LogP contribution in [-0.4, -0.2) is 36.7 Å². The summed E-state index contributed by atoms with van der Waals surface area (Å²) in [4.78, 5) is 10.8. The summed E-state index contributed by atoms with van der Waals surface area (Å²) in [6.07, 6.45) is 3.07. The summed E-state index contributed by atoms with van der Waals surface area (Å²) in [6, 6.07) is -0.557. The van der Waals surface area contributed by atoms with E-state index in [1.165, 1.54) is 5.38 Å². The lowest BCUT2D eigenvalue weighted by atomic mass is 10.1. The first-order chi connectivity index (χ1) is 9.83. The molecule has 0 radical (unpaired) electrons. The van der Waals surface area contributed by atoms with Crippen molar-refractivity contribution in [3.63, 3.8) is 0 Å². The molecule has 1 saturated carbocycles. The Morgan fingerprint density at radius 3 is 2.67 bits per heavy atom. The number of nitrogens with one attached hydrogen (secondary N) is 1. The zero-order valence-corrected chi connectivity index (χ0v) is 13.3. The van der Waals surface area contributed by atoms with Crippen LogP contribution in [0, 0.1) is 6.92 Å². The summed E-state index contributed by atoms with van der Waals surface area (Å²) in [5.41, 5.74) is 0.410. The molecular formula is C13H19NO5S2. The first kappa shape index (κ1) is 16.4. The molecule has 8 heteroatoms. The number of carboxylic acid groups (broad SMARTS) is 1. The van der Waals surface area contributed by atoms with Crippen LogP contribution >= 0.6 is 11.3 Å². The molecule has 1 aliphatic rings. The van der Waals surface area contributed by atoms with Crippen LogP contribution in [-0.2, 0) is 10.0 Å². The number of rotatable bonds is 4. The number of aliphatic hydroxyl groups excluding tert-OH is 1. The number of aromatic carboxylic acids is 1. The van der Waals surface area contributed by atoms with E-state index in [9.17, 15) is 18.3 Å². The second kappa shape index (κ2) is 6.43. The Labute approximate surface area is 127 Å². The van der Waals surface area contributed by atoms with Crippen LogP contribution in [0.15, 0.2) is 10.3 Å². The number of aliphatic hydroxyl groups is 1. The molecule has 0 bridgehead atoms. The summed E-state index contributed by atoms with van der Waals surface area (Å²) in [7, 11) is -3.95. The van der Waals surface area contributed by atoms with Gasteiger partial charge in [0.05, 0.1) is 6.10 Å². The van der Waals surface area contributed by atoms with Crippen molar-refractivity contribution in [3.05, 3.63) is 15.8 Å². The Balaban J connectivity index is 2.30. The van der Waals surface area contributed by atoms with Crippen LogP contribution < -0.4 is 4.72 Å². The summed E-state index contributed by atoms with van der Waals surface area (Å²) in [5.74, 6) is -1.25. The molecule has 21 heavy (non-hydrogen) atoms. The molecule has 0 amide bonds. The van der Waals surface area contributed by atoms with Gasteiger partial charge in [0, 0.05) is 6.04 Å². The van der Waals surface area contributed by atoms with E-state index in [0.29, 0.717) is 18.4 Å². The number of hydrogen-bond acceptors (Lipinski definition) is 5. The fraction of sp³-hybridized carbons (Fsp3) is 0.615. The van der Waals surface area contributed by atoms with Crippen molar-refractivity contribution in [1.29, 1.82) is 0 Å².